The van der Waals surface area contributed by atoms with Gasteiger partial charge in [0.1, 0.15) is 11.3 Å². The summed E-state index contributed by atoms with van der Waals surface area (Å²) in [5, 5.41) is 9.23. The molecule has 3 rings (SSSR count). The molecule has 0 aromatic heterocycles. The van der Waals surface area contributed by atoms with Crippen LogP contribution in [0.4, 0.5) is 0 Å². The van der Waals surface area contributed by atoms with E-state index >= 15 is 0 Å². The average molecular weight is 239 g/mol. The van der Waals surface area contributed by atoms with Crippen LogP contribution in [-0.2, 0) is 6.42 Å². The molecule has 0 spiro atoms. The van der Waals surface area contributed by atoms with Crippen molar-refractivity contribution in [2.75, 3.05) is 6.61 Å². The Hall–Kier alpha value is -2.29. The number of carbonyl (C=O) groups is 1. The molecular formula is C15H11O3. The molecule has 3 heteroatoms. The smallest absolute Gasteiger partial charge is 0.339 e. The van der Waals surface area contributed by atoms with Crippen LogP contribution in [0.2, 0.25) is 0 Å². The van der Waals surface area contributed by atoms with E-state index in [1.165, 1.54) is 0 Å². The van der Waals surface area contributed by atoms with E-state index in [0.717, 1.165) is 23.1 Å². The molecule has 0 aliphatic carbocycles. The number of hydrogen-bond donors (Lipinski definition) is 1. The van der Waals surface area contributed by atoms with Gasteiger partial charge in [0.05, 0.1) is 6.61 Å². The number of carboxylic acid groups (broad SMARTS) is 1. The van der Waals surface area contributed by atoms with Crippen molar-refractivity contribution in [1.29, 1.82) is 0 Å². The molecule has 2 aromatic rings. The summed E-state index contributed by atoms with van der Waals surface area (Å²) < 4.78 is 5.39. The first kappa shape index (κ1) is 10.8. The van der Waals surface area contributed by atoms with Crippen LogP contribution in [-0.4, -0.2) is 17.7 Å². The molecule has 0 saturated heterocycles. The van der Waals surface area contributed by atoms with Crippen molar-refractivity contribution in [2.24, 2.45) is 0 Å². The van der Waals surface area contributed by atoms with Gasteiger partial charge in [-0.05, 0) is 41.0 Å². The van der Waals surface area contributed by atoms with Gasteiger partial charge >= 0.3 is 5.97 Å². The highest BCUT2D eigenvalue weighted by atomic mass is 16.5. The predicted molar refractivity (Wildman–Crippen MR) is 66.9 cm³/mol. The number of aromatic carboxylic acids is 1. The van der Waals surface area contributed by atoms with E-state index in [4.69, 9.17) is 4.74 Å². The van der Waals surface area contributed by atoms with Crippen LogP contribution in [0.5, 0.6) is 5.75 Å². The zero-order chi connectivity index (χ0) is 12.5. The molecule has 2 aromatic carbocycles. The number of fused-ring (bicyclic) bond motifs is 1. The fourth-order valence-corrected chi connectivity index (χ4v) is 2.21. The molecule has 1 heterocycles. The zero-order valence-electron chi connectivity index (χ0n) is 9.64. The van der Waals surface area contributed by atoms with Crippen molar-refractivity contribution < 1.29 is 14.6 Å². The molecule has 18 heavy (non-hydrogen) atoms. The molecular weight excluding hydrogens is 228 g/mol. The van der Waals surface area contributed by atoms with Crippen molar-refractivity contribution in [3.63, 3.8) is 0 Å². The third-order valence-corrected chi connectivity index (χ3v) is 3.05. The third-order valence-electron chi connectivity index (χ3n) is 3.05. The first-order chi connectivity index (χ1) is 8.75. The summed E-state index contributed by atoms with van der Waals surface area (Å²) >= 11 is 0. The van der Waals surface area contributed by atoms with E-state index in [1.807, 2.05) is 30.3 Å². The Labute approximate surface area is 105 Å². The molecule has 0 bridgehead atoms. The van der Waals surface area contributed by atoms with Crippen LogP contribution < -0.4 is 4.74 Å². The van der Waals surface area contributed by atoms with Gasteiger partial charge in [0, 0.05) is 6.42 Å². The highest BCUT2D eigenvalue weighted by Crippen LogP contribution is 2.34. The van der Waals surface area contributed by atoms with Gasteiger partial charge in [-0.25, -0.2) is 4.79 Å². The molecule has 1 aliphatic heterocycles. The molecule has 0 fully saturated rings. The van der Waals surface area contributed by atoms with Crippen LogP contribution >= 0.6 is 0 Å². The first-order valence-corrected chi connectivity index (χ1v) is 5.75. The van der Waals surface area contributed by atoms with Gasteiger partial charge in [-0.15, -0.1) is 0 Å². The lowest BCUT2D eigenvalue weighted by atomic mass is 9.98. The van der Waals surface area contributed by atoms with Gasteiger partial charge < -0.3 is 9.84 Å². The Morgan fingerprint density at radius 2 is 2.22 bits per heavy atom. The summed E-state index contributed by atoms with van der Waals surface area (Å²) in [7, 11) is 0. The van der Waals surface area contributed by atoms with Crippen molar-refractivity contribution >= 4 is 5.97 Å². The van der Waals surface area contributed by atoms with Gasteiger partial charge in [0.2, 0.25) is 0 Å². The Kier molecular flexibility index (Phi) is 2.52. The minimum Gasteiger partial charge on any atom is -0.492 e. The second-order valence-corrected chi connectivity index (χ2v) is 4.21. The minimum absolute atomic E-state index is 0.240. The number of rotatable bonds is 2. The Morgan fingerprint density at radius 3 is 2.94 bits per heavy atom. The zero-order valence-corrected chi connectivity index (χ0v) is 9.64. The van der Waals surface area contributed by atoms with E-state index < -0.39 is 5.97 Å². The highest BCUT2D eigenvalue weighted by Gasteiger charge is 2.22. The summed E-state index contributed by atoms with van der Waals surface area (Å²) in [6, 6.07) is 14.2. The lowest BCUT2D eigenvalue weighted by Gasteiger charge is -2.08. The average Bonchev–Trinajstić information content (AvgIpc) is 2.86. The van der Waals surface area contributed by atoms with Crippen LogP contribution in [0.25, 0.3) is 11.1 Å². The summed E-state index contributed by atoms with van der Waals surface area (Å²) in [5.74, 6) is -0.430. The van der Waals surface area contributed by atoms with Crippen LogP contribution in [0.1, 0.15) is 15.9 Å². The van der Waals surface area contributed by atoms with Crippen LogP contribution in [0, 0.1) is 6.07 Å². The summed E-state index contributed by atoms with van der Waals surface area (Å²) in [6.45, 7) is 0.556. The number of hydrogen-bond acceptors (Lipinski definition) is 2. The quantitative estimate of drug-likeness (QED) is 0.876. The van der Waals surface area contributed by atoms with E-state index in [1.54, 1.807) is 6.07 Å². The molecule has 1 aliphatic rings. The van der Waals surface area contributed by atoms with Crippen LogP contribution in [0.15, 0.2) is 36.4 Å². The predicted octanol–water partition coefficient (Wildman–Crippen LogP) is 2.79. The lowest BCUT2D eigenvalue weighted by molar-refractivity contribution is 0.0693. The SMILES string of the molecule is O=C(O)c1cc(-c2c[c]ccc2)cc2c1OCC2. The summed E-state index contributed by atoms with van der Waals surface area (Å²) in [6.07, 6.45) is 0.764. The molecule has 0 amide bonds. The maximum absolute atomic E-state index is 11.3. The van der Waals surface area contributed by atoms with Gasteiger partial charge in [0.25, 0.3) is 0 Å². The molecule has 3 nitrogen and oxygen atoms in total. The van der Waals surface area contributed by atoms with Crippen molar-refractivity contribution in [1.82, 2.24) is 0 Å². The van der Waals surface area contributed by atoms with Crippen molar-refractivity contribution in [2.45, 2.75) is 6.42 Å². The molecule has 0 unspecified atom stereocenters. The van der Waals surface area contributed by atoms with Gasteiger partial charge in [-0.1, -0.05) is 18.2 Å². The standard InChI is InChI=1S/C15H11O3/c16-15(17)13-9-12(10-4-2-1-3-5-10)8-11-6-7-18-14(11)13/h1-2,4-5,8-9H,6-7H2,(H,16,17). The topological polar surface area (TPSA) is 46.5 Å². The summed E-state index contributed by atoms with van der Waals surface area (Å²) in [5.41, 5.74) is 3.07. The molecule has 0 saturated carbocycles. The second-order valence-electron chi connectivity index (χ2n) is 4.21. The number of benzene rings is 2. The molecule has 1 N–H and O–H groups in total. The summed E-state index contributed by atoms with van der Waals surface area (Å²) in [4.78, 5) is 11.3. The van der Waals surface area contributed by atoms with Crippen LogP contribution in [0.3, 0.4) is 0 Å². The first-order valence-electron chi connectivity index (χ1n) is 5.75. The van der Waals surface area contributed by atoms with Gasteiger partial charge in [-0.2, -0.15) is 0 Å². The van der Waals surface area contributed by atoms with E-state index in [9.17, 15) is 9.90 Å². The monoisotopic (exact) mass is 239 g/mol. The molecule has 1 radical (unpaired) electrons. The minimum atomic E-state index is -0.949. The van der Waals surface area contributed by atoms with Gasteiger partial charge in [0.15, 0.2) is 0 Å². The van der Waals surface area contributed by atoms with Gasteiger partial charge in [-0.3, -0.25) is 0 Å². The third kappa shape index (κ3) is 1.74. The number of ether oxygens (including phenoxy) is 1. The van der Waals surface area contributed by atoms with Crippen molar-refractivity contribution in [3.8, 4) is 16.9 Å². The van der Waals surface area contributed by atoms with Crippen molar-refractivity contribution in [3.05, 3.63) is 53.6 Å². The van der Waals surface area contributed by atoms with E-state index in [0.29, 0.717) is 12.4 Å². The largest absolute Gasteiger partial charge is 0.492 e. The Morgan fingerprint density at radius 1 is 1.33 bits per heavy atom. The number of carboxylic acids is 1. The lowest BCUT2D eigenvalue weighted by Crippen LogP contribution is -2.00. The maximum Gasteiger partial charge on any atom is 0.339 e. The second kappa shape index (κ2) is 4.18. The molecule has 89 valence electrons. The fraction of sp³-hybridized carbons (Fsp3) is 0.133. The normalized spacial score (nSPS) is 12.9. The highest BCUT2D eigenvalue weighted by molar-refractivity contribution is 5.93. The Bertz CT molecular complexity index is 603. The Balaban J connectivity index is 2.18. The maximum atomic E-state index is 11.3. The molecule has 0 atom stereocenters. The van der Waals surface area contributed by atoms with E-state index in [-0.39, 0.29) is 5.56 Å². The van der Waals surface area contributed by atoms with E-state index in [2.05, 4.69) is 6.07 Å². The fourth-order valence-electron chi connectivity index (χ4n) is 2.21.